The van der Waals surface area contributed by atoms with Gasteiger partial charge in [-0.25, -0.2) is 0 Å². The molecule has 0 atom stereocenters. The molecule has 0 amide bonds. The monoisotopic (exact) mass is 260 g/mol. The molecule has 1 aliphatic carbocycles. The molecule has 0 bridgehead atoms. The molecular formula is C17H24O2. The third kappa shape index (κ3) is 2.56. The lowest BCUT2D eigenvalue weighted by atomic mass is 9.84. The first-order chi connectivity index (χ1) is 8.99. The smallest absolute Gasteiger partial charge is 0.169 e. The first-order valence-electron chi connectivity index (χ1n) is 7.39. The molecule has 0 saturated carbocycles. The molecule has 2 nitrogen and oxygen atoms in total. The van der Waals surface area contributed by atoms with Crippen molar-refractivity contribution in [2.45, 2.75) is 57.7 Å². The Morgan fingerprint density at radius 3 is 2.21 bits per heavy atom. The van der Waals surface area contributed by atoms with Crippen LogP contribution in [0, 0.1) is 0 Å². The molecule has 1 aliphatic heterocycles. The van der Waals surface area contributed by atoms with Crippen LogP contribution >= 0.6 is 0 Å². The fraction of sp³-hybridized carbons (Fsp3) is 0.647. The second-order valence-corrected chi connectivity index (χ2v) is 6.84. The molecule has 1 saturated heterocycles. The minimum atomic E-state index is -0.291. The van der Waals surface area contributed by atoms with E-state index in [1.165, 1.54) is 16.7 Å². The van der Waals surface area contributed by atoms with E-state index in [4.69, 9.17) is 9.47 Å². The molecule has 1 spiro atoms. The van der Waals surface area contributed by atoms with E-state index in [1.54, 1.807) is 0 Å². The van der Waals surface area contributed by atoms with Crippen molar-refractivity contribution in [1.82, 2.24) is 0 Å². The number of benzene rings is 1. The quantitative estimate of drug-likeness (QED) is 0.709. The second kappa shape index (κ2) is 4.60. The molecule has 104 valence electrons. The average Bonchev–Trinajstić information content (AvgIpc) is 2.74. The summed E-state index contributed by atoms with van der Waals surface area (Å²) in [6, 6.07) is 6.99. The van der Waals surface area contributed by atoms with Gasteiger partial charge in [-0.1, -0.05) is 39.0 Å². The highest BCUT2D eigenvalue weighted by atomic mass is 16.7. The van der Waals surface area contributed by atoms with Crippen molar-refractivity contribution in [2.75, 3.05) is 13.2 Å². The predicted molar refractivity (Wildman–Crippen MR) is 76.4 cm³/mol. The fourth-order valence-corrected chi connectivity index (χ4v) is 3.13. The van der Waals surface area contributed by atoms with Crippen LogP contribution in [0.3, 0.4) is 0 Å². The largest absolute Gasteiger partial charge is 0.348 e. The van der Waals surface area contributed by atoms with Gasteiger partial charge in [-0.15, -0.1) is 0 Å². The van der Waals surface area contributed by atoms with Crippen molar-refractivity contribution < 1.29 is 9.47 Å². The van der Waals surface area contributed by atoms with E-state index in [1.807, 2.05) is 0 Å². The zero-order chi connectivity index (χ0) is 13.5. The standard InChI is InChI=1S/C17H24O2/c1-16(2,3)15-5-4-13-6-8-17(18-10-11-19-17)9-7-14(13)12-15/h4-5,12H,6-11H2,1-3H3. The minimum Gasteiger partial charge on any atom is -0.348 e. The van der Waals surface area contributed by atoms with Gasteiger partial charge in [0.2, 0.25) is 0 Å². The Balaban J connectivity index is 1.86. The topological polar surface area (TPSA) is 18.5 Å². The zero-order valence-corrected chi connectivity index (χ0v) is 12.3. The van der Waals surface area contributed by atoms with Crippen LogP contribution in [0.15, 0.2) is 18.2 Å². The van der Waals surface area contributed by atoms with Crippen LogP contribution < -0.4 is 0 Å². The van der Waals surface area contributed by atoms with Gasteiger partial charge in [0.25, 0.3) is 0 Å². The number of hydrogen-bond donors (Lipinski definition) is 0. The van der Waals surface area contributed by atoms with Gasteiger partial charge in [-0.3, -0.25) is 0 Å². The highest BCUT2D eigenvalue weighted by molar-refractivity contribution is 5.36. The summed E-state index contributed by atoms with van der Waals surface area (Å²) in [7, 11) is 0. The van der Waals surface area contributed by atoms with Crippen LogP contribution in [0.4, 0.5) is 0 Å². The van der Waals surface area contributed by atoms with Crippen molar-refractivity contribution in [3.05, 3.63) is 34.9 Å². The van der Waals surface area contributed by atoms with E-state index >= 15 is 0 Å². The van der Waals surface area contributed by atoms with Crippen molar-refractivity contribution in [3.63, 3.8) is 0 Å². The Hall–Kier alpha value is -0.860. The van der Waals surface area contributed by atoms with Gasteiger partial charge in [-0.2, -0.15) is 0 Å². The number of ether oxygens (including phenoxy) is 2. The maximum Gasteiger partial charge on any atom is 0.169 e. The fourth-order valence-electron chi connectivity index (χ4n) is 3.13. The average molecular weight is 260 g/mol. The molecule has 0 aromatic heterocycles. The van der Waals surface area contributed by atoms with E-state index in [9.17, 15) is 0 Å². The number of aryl methyl sites for hydroxylation is 2. The highest BCUT2D eigenvalue weighted by Crippen LogP contribution is 2.35. The minimum absolute atomic E-state index is 0.222. The third-order valence-electron chi connectivity index (χ3n) is 4.44. The third-order valence-corrected chi connectivity index (χ3v) is 4.44. The van der Waals surface area contributed by atoms with Crippen LogP contribution in [-0.2, 0) is 27.7 Å². The maximum atomic E-state index is 5.87. The molecular weight excluding hydrogens is 236 g/mol. The Labute approximate surface area is 116 Å². The van der Waals surface area contributed by atoms with Gasteiger partial charge < -0.3 is 9.47 Å². The van der Waals surface area contributed by atoms with Gasteiger partial charge >= 0.3 is 0 Å². The lowest BCUT2D eigenvalue weighted by Crippen LogP contribution is -2.30. The summed E-state index contributed by atoms with van der Waals surface area (Å²) < 4.78 is 11.7. The van der Waals surface area contributed by atoms with Crippen molar-refractivity contribution in [3.8, 4) is 0 Å². The predicted octanol–water partition coefficient (Wildman–Crippen LogP) is 3.61. The first-order valence-corrected chi connectivity index (χ1v) is 7.39. The summed E-state index contributed by atoms with van der Waals surface area (Å²) in [5.74, 6) is -0.291. The molecule has 1 aromatic carbocycles. The van der Waals surface area contributed by atoms with E-state index in [0.29, 0.717) is 0 Å². The zero-order valence-electron chi connectivity index (χ0n) is 12.3. The molecule has 1 aromatic rings. The first kappa shape index (κ1) is 13.1. The lowest BCUT2D eigenvalue weighted by molar-refractivity contribution is -0.164. The van der Waals surface area contributed by atoms with Gasteiger partial charge in [0.05, 0.1) is 13.2 Å². The van der Waals surface area contributed by atoms with E-state index in [0.717, 1.165) is 38.9 Å². The molecule has 2 aliphatic rings. The molecule has 3 rings (SSSR count). The number of hydrogen-bond acceptors (Lipinski definition) is 2. The molecule has 0 N–H and O–H groups in total. The van der Waals surface area contributed by atoms with Gasteiger partial charge in [-0.05, 0) is 34.9 Å². The molecule has 0 unspecified atom stereocenters. The van der Waals surface area contributed by atoms with Crippen LogP contribution in [0.2, 0.25) is 0 Å². The van der Waals surface area contributed by atoms with Crippen molar-refractivity contribution in [2.24, 2.45) is 0 Å². The Bertz CT molecular complexity index is 465. The SMILES string of the molecule is CC(C)(C)c1ccc2c(c1)CCC1(CC2)OCCO1. The molecule has 1 fully saturated rings. The normalized spacial score (nSPS) is 22.3. The Morgan fingerprint density at radius 1 is 0.947 bits per heavy atom. The highest BCUT2D eigenvalue weighted by Gasteiger charge is 2.37. The van der Waals surface area contributed by atoms with Gasteiger partial charge in [0, 0.05) is 12.8 Å². The van der Waals surface area contributed by atoms with Crippen LogP contribution in [0.25, 0.3) is 0 Å². The van der Waals surface area contributed by atoms with Crippen molar-refractivity contribution >= 4 is 0 Å². The van der Waals surface area contributed by atoms with Crippen LogP contribution in [0.5, 0.6) is 0 Å². The Morgan fingerprint density at radius 2 is 1.58 bits per heavy atom. The van der Waals surface area contributed by atoms with Crippen LogP contribution in [-0.4, -0.2) is 19.0 Å². The molecule has 19 heavy (non-hydrogen) atoms. The summed E-state index contributed by atoms with van der Waals surface area (Å²) in [5.41, 5.74) is 4.61. The second-order valence-electron chi connectivity index (χ2n) is 6.84. The van der Waals surface area contributed by atoms with E-state index in [2.05, 4.69) is 39.0 Å². The van der Waals surface area contributed by atoms with Gasteiger partial charge in [0.1, 0.15) is 0 Å². The molecule has 1 heterocycles. The number of rotatable bonds is 0. The van der Waals surface area contributed by atoms with E-state index < -0.39 is 0 Å². The van der Waals surface area contributed by atoms with Crippen LogP contribution in [0.1, 0.15) is 50.3 Å². The Kier molecular flexibility index (Phi) is 3.18. The summed E-state index contributed by atoms with van der Waals surface area (Å²) in [6.45, 7) is 8.33. The number of fused-ring (bicyclic) bond motifs is 1. The maximum absolute atomic E-state index is 5.87. The molecule has 0 radical (unpaired) electrons. The lowest BCUT2D eigenvalue weighted by Gasteiger charge is -2.25. The summed E-state index contributed by atoms with van der Waals surface area (Å²) in [4.78, 5) is 0. The van der Waals surface area contributed by atoms with E-state index in [-0.39, 0.29) is 11.2 Å². The summed E-state index contributed by atoms with van der Waals surface area (Å²) >= 11 is 0. The summed E-state index contributed by atoms with van der Waals surface area (Å²) in [6.07, 6.45) is 4.13. The molecule has 2 heteroatoms. The van der Waals surface area contributed by atoms with Crippen molar-refractivity contribution in [1.29, 1.82) is 0 Å². The summed E-state index contributed by atoms with van der Waals surface area (Å²) in [5, 5.41) is 0. The van der Waals surface area contributed by atoms with Gasteiger partial charge in [0.15, 0.2) is 5.79 Å².